The van der Waals surface area contributed by atoms with Crippen LogP contribution in [-0.4, -0.2) is 53.7 Å². The van der Waals surface area contributed by atoms with Gasteiger partial charge in [0.1, 0.15) is 18.1 Å². The third-order valence-electron chi connectivity index (χ3n) is 6.29. The maximum absolute atomic E-state index is 13.7. The fraction of sp³-hybridized carbons (Fsp3) is 0.267. The maximum Gasteiger partial charge on any atom is 0.245 e. The summed E-state index contributed by atoms with van der Waals surface area (Å²) in [6, 6.07) is 25.1. The van der Waals surface area contributed by atoms with Gasteiger partial charge in [-0.25, -0.2) is 0 Å². The van der Waals surface area contributed by atoms with Gasteiger partial charge in [-0.05, 0) is 16.7 Å². The van der Waals surface area contributed by atoms with Crippen LogP contribution in [0.1, 0.15) is 23.6 Å². The van der Waals surface area contributed by atoms with Gasteiger partial charge in [0.25, 0.3) is 0 Å². The van der Waals surface area contributed by atoms with E-state index in [2.05, 4.69) is 10.6 Å². The quantitative estimate of drug-likeness (QED) is 0.342. The van der Waals surface area contributed by atoms with Gasteiger partial charge in [-0.1, -0.05) is 91.0 Å². The molecule has 3 atom stereocenters. The van der Waals surface area contributed by atoms with E-state index in [-0.39, 0.29) is 25.2 Å². The number of hydrogen-bond donors (Lipinski definition) is 3. The van der Waals surface area contributed by atoms with Crippen LogP contribution in [0.15, 0.2) is 91.0 Å². The average molecular weight is 515 g/mol. The Bertz CT molecular complexity index is 1220. The largest absolute Gasteiger partial charge is 0.368 e. The van der Waals surface area contributed by atoms with E-state index in [0.717, 1.165) is 16.7 Å². The third kappa shape index (κ3) is 8.30. The summed E-state index contributed by atoms with van der Waals surface area (Å²) < 4.78 is 0. The zero-order valence-corrected chi connectivity index (χ0v) is 21.7. The number of nitrogens with zero attached hydrogens (tertiary/aromatic N) is 1. The van der Waals surface area contributed by atoms with Crippen molar-refractivity contribution in [3.8, 4) is 0 Å². The number of amides is 4. The molecule has 0 unspecified atom stereocenters. The van der Waals surface area contributed by atoms with E-state index < -0.39 is 35.8 Å². The van der Waals surface area contributed by atoms with Gasteiger partial charge in [-0.15, -0.1) is 0 Å². The lowest BCUT2D eigenvalue weighted by Gasteiger charge is -2.31. The third-order valence-corrected chi connectivity index (χ3v) is 6.29. The van der Waals surface area contributed by atoms with E-state index >= 15 is 0 Å². The summed E-state index contributed by atoms with van der Waals surface area (Å²) in [6.45, 7) is 1.34. The minimum Gasteiger partial charge on any atom is -0.368 e. The SMILES string of the molecule is CC(=O)N[C@@H](Cc1ccccc1)C(=O)N[C@@H](Cc1ccccc1)C(=O)N(C)[C@@H](Cc1ccccc1)C(N)=O. The lowest BCUT2D eigenvalue weighted by atomic mass is 10.00. The van der Waals surface area contributed by atoms with Crippen molar-refractivity contribution in [2.75, 3.05) is 7.05 Å². The first-order chi connectivity index (χ1) is 18.2. The average Bonchev–Trinajstić information content (AvgIpc) is 2.91. The molecule has 0 aliphatic heterocycles. The summed E-state index contributed by atoms with van der Waals surface area (Å²) in [5.41, 5.74) is 8.25. The number of nitrogens with two attached hydrogens (primary N) is 1. The number of primary amides is 1. The van der Waals surface area contributed by atoms with Crippen molar-refractivity contribution in [1.29, 1.82) is 0 Å². The van der Waals surface area contributed by atoms with Crippen molar-refractivity contribution in [1.82, 2.24) is 15.5 Å². The molecule has 0 aliphatic rings. The number of carbonyl (C=O) groups is 4. The maximum atomic E-state index is 13.7. The molecule has 0 aromatic heterocycles. The number of rotatable bonds is 12. The van der Waals surface area contributed by atoms with Crippen LogP contribution in [0.3, 0.4) is 0 Å². The van der Waals surface area contributed by atoms with Crippen LogP contribution in [-0.2, 0) is 38.4 Å². The number of likely N-dealkylation sites (N-methyl/N-ethyl adjacent to an activating group) is 1. The first-order valence-electron chi connectivity index (χ1n) is 12.5. The van der Waals surface area contributed by atoms with Gasteiger partial charge in [-0.2, -0.15) is 0 Å². The molecular weight excluding hydrogens is 480 g/mol. The van der Waals surface area contributed by atoms with E-state index in [1.54, 1.807) is 0 Å². The van der Waals surface area contributed by atoms with Gasteiger partial charge in [0.2, 0.25) is 23.6 Å². The molecule has 0 saturated heterocycles. The molecular formula is C30H34N4O4. The summed E-state index contributed by atoms with van der Waals surface area (Å²) in [5.74, 6) is -1.95. The lowest BCUT2D eigenvalue weighted by Crippen LogP contribution is -2.58. The van der Waals surface area contributed by atoms with E-state index in [4.69, 9.17) is 5.73 Å². The van der Waals surface area contributed by atoms with Crippen molar-refractivity contribution < 1.29 is 19.2 Å². The molecule has 0 bridgehead atoms. The normalized spacial score (nSPS) is 13.0. The van der Waals surface area contributed by atoms with Crippen molar-refractivity contribution in [2.24, 2.45) is 5.73 Å². The number of nitrogens with one attached hydrogen (secondary N) is 2. The minimum absolute atomic E-state index is 0.199. The summed E-state index contributed by atoms with van der Waals surface area (Å²) >= 11 is 0. The van der Waals surface area contributed by atoms with Crippen LogP contribution in [0, 0.1) is 0 Å². The first-order valence-corrected chi connectivity index (χ1v) is 12.5. The fourth-order valence-corrected chi connectivity index (χ4v) is 4.29. The molecule has 8 heteroatoms. The molecule has 3 rings (SSSR count). The fourth-order valence-electron chi connectivity index (χ4n) is 4.29. The van der Waals surface area contributed by atoms with E-state index in [1.807, 2.05) is 91.0 Å². The molecule has 3 aromatic rings. The van der Waals surface area contributed by atoms with Gasteiger partial charge in [0.05, 0.1) is 0 Å². The van der Waals surface area contributed by atoms with Crippen molar-refractivity contribution in [3.05, 3.63) is 108 Å². The molecule has 0 aliphatic carbocycles. The molecule has 4 amide bonds. The topological polar surface area (TPSA) is 122 Å². The second kappa shape index (κ2) is 13.7. The van der Waals surface area contributed by atoms with Crippen molar-refractivity contribution >= 4 is 23.6 Å². The van der Waals surface area contributed by atoms with E-state index in [1.165, 1.54) is 18.9 Å². The molecule has 0 saturated carbocycles. The Morgan fingerprint density at radius 2 is 1.11 bits per heavy atom. The smallest absolute Gasteiger partial charge is 0.245 e. The number of carbonyl (C=O) groups excluding carboxylic acids is 4. The van der Waals surface area contributed by atoms with Gasteiger partial charge < -0.3 is 21.3 Å². The van der Waals surface area contributed by atoms with Crippen molar-refractivity contribution in [3.63, 3.8) is 0 Å². The second-order valence-electron chi connectivity index (χ2n) is 9.25. The Hall–Kier alpha value is -4.46. The number of hydrogen-bond acceptors (Lipinski definition) is 4. The number of benzene rings is 3. The molecule has 0 spiro atoms. The van der Waals surface area contributed by atoms with Crippen LogP contribution in [0.4, 0.5) is 0 Å². The van der Waals surface area contributed by atoms with Gasteiger partial charge in [-0.3, -0.25) is 19.2 Å². The highest BCUT2D eigenvalue weighted by atomic mass is 16.2. The van der Waals surface area contributed by atoms with Gasteiger partial charge >= 0.3 is 0 Å². The second-order valence-corrected chi connectivity index (χ2v) is 9.25. The highest BCUT2D eigenvalue weighted by Gasteiger charge is 2.33. The van der Waals surface area contributed by atoms with E-state index in [0.29, 0.717) is 0 Å². The van der Waals surface area contributed by atoms with Crippen LogP contribution in [0.2, 0.25) is 0 Å². The molecule has 3 aromatic carbocycles. The molecule has 38 heavy (non-hydrogen) atoms. The standard InChI is InChI=1S/C30H34N4O4/c1-21(35)32-25(18-22-12-6-3-7-13-22)29(37)33-26(19-23-14-8-4-9-15-23)30(38)34(2)27(28(31)36)20-24-16-10-5-11-17-24/h3-17,25-27H,18-20H2,1-2H3,(H2,31,36)(H,32,35)(H,33,37)/t25-,26-,27-/m0/s1. The zero-order valence-electron chi connectivity index (χ0n) is 21.7. The molecule has 8 nitrogen and oxygen atoms in total. The summed E-state index contributed by atoms with van der Waals surface area (Å²) in [5, 5.41) is 5.52. The molecule has 198 valence electrons. The molecule has 0 heterocycles. The first kappa shape index (κ1) is 28.1. The predicted molar refractivity (Wildman–Crippen MR) is 146 cm³/mol. The summed E-state index contributed by atoms with van der Waals surface area (Å²) in [4.78, 5) is 52.7. The van der Waals surface area contributed by atoms with Crippen LogP contribution in [0.25, 0.3) is 0 Å². The Balaban J connectivity index is 1.85. The Kier molecular flexibility index (Phi) is 10.2. The minimum atomic E-state index is -0.987. The zero-order chi connectivity index (χ0) is 27.5. The Labute approximate surface area is 223 Å². The highest BCUT2D eigenvalue weighted by Crippen LogP contribution is 2.13. The molecule has 4 N–H and O–H groups in total. The Morgan fingerprint density at radius 3 is 1.53 bits per heavy atom. The monoisotopic (exact) mass is 514 g/mol. The highest BCUT2D eigenvalue weighted by molar-refractivity contribution is 5.94. The van der Waals surface area contributed by atoms with Crippen molar-refractivity contribution in [2.45, 2.75) is 44.3 Å². The van der Waals surface area contributed by atoms with Gasteiger partial charge in [0.15, 0.2) is 0 Å². The Morgan fingerprint density at radius 1 is 0.684 bits per heavy atom. The van der Waals surface area contributed by atoms with Crippen LogP contribution >= 0.6 is 0 Å². The van der Waals surface area contributed by atoms with Crippen LogP contribution < -0.4 is 16.4 Å². The summed E-state index contributed by atoms with van der Waals surface area (Å²) in [6.07, 6.45) is 0.698. The predicted octanol–water partition coefficient (Wildman–Crippen LogP) is 2.02. The summed E-state index contributed by atoms with van der Waals surface area (Å²) in [7, 11) is 1.51. The van der Waals surface area contributed by atoms with Gasteiger partial charge in [0, 0.05) is 33.2 Å². The molecule has 0 fully saturated rings. The lowest BCUT2D eigenvalue weighted by molar-refractivity contribution is -0.141. The van der Waals surface area contributed by atoms with E-state index in [9.17, 15) is 19.2 Å². The van der Waals surface area contributed by atoms with Crippen LogP contribution in [0.5, 0.6) is 0 Å². The molecule has 0 radical (unpaired) electrons.